The summed E-state index contributed by atoms with van der Waals surface area (Å²) in [6.45, 7) is 5.98. The van der Waals surface area contributed by atoms with Crippen LogP contribution < -0.4 is 22.1 Å². The van der Waals surface area contributed by atoms with Crippen molar-refractivity contribution in [1.29, 1.82) is 5.41 Å². The lowest BCUT2D eigenvalue weighted by atomic mass is 9.99. The molecule has 0 aliphatic carbocycles. The first kappa shape index (κ1) is 23.5. The van der Waals surface area contributed by atoms with Gasteiger partial charge in [0.05, 0.1) is 11.0 Å². The van der Waals surface area contributed by atoms with Crippen molar-refractivity contribution < 1.29 is 0 Å². The van der Waals surface area contributed by atoms with Gasteiger partial charge in [0.1, 0.15) is 5.84 Å². The fraction of sp³-hybridized carbons (Fsp3) is 0.200. The minimum atomic E-state index is 0.179. The van der Waals surface area contributed by atoms with Crippen LogP contribution in [0.25, 0.3) is 16.6 Å². The fourth-order valence-corrected chi connectivity index (χ4v) is 3.29. The predicted octanol–water partition coefficient (Wildman–Crippen LogP) is 3.64. The zero-order chi connectivity index (χ0) is 24.0. The maximum atomic E-state index is 7.53. The molecule has 0 atom stereocenters. The van der Waals surface area contributed by atoms with Gasteiger partial charge in [0.25, 0.3) is 0 Å². The summed E-state index contributed by atoms with van der Waals surface area (Å²) in [5.74, 6) is 0.939. The highest BCUT2D eigenvalue weighted by Crippen LogP contribution is 2.26. The smallest absolute Gasteiger partial charge is 0.155 e. The van der Waals surface area contributed by atoms with Crippen molar-refractivity contribution >= 4 is 34.5 Å². The lowest BCUT2D eigenvalue weighted by molar-refractivity contribution is 0.806. The normalized spacial score (nSPS) is 16.5. The van der Waals surface area contributed by atoms with E-state index < -0.39 is 0 Å². The van der Waals surface area contributed by atoms with Crippen LogP contribution in [0.15, 0.2) is 82.6 Å². The van der Waals surface area contributed by atoms with Gasteiger partial charge in [-0.05, 0) is 54.8 Å². The van der Waals surface area contributed by atoms with Crippen molar-refractivity contribution in [3.05, 3.63) is 83.1 Å². The highest BCUT2D eigenvalue weighted by atomic mass is 15.0. The van der Waals surface area contributed by atoms with Crippen LogP contribution in [0.3, 0.4) is 0 Å². The number of pyridine rings is 2. The number of rotatable bonds is 7. The molecule has 0 unspecified atom stereocenters. The second-order valence-corrected chi connectivity index (χ2v) is 7.93. The maximum Gasteiger partial charge on any atom is 0.155 e. The third-order valence-electron chi connectivity index (χ3n) is 5.06. The Morgan fingerprint density at radius 3 is 2.70 bits per heavy atom. The molecule has 8 nitrogen and oxygen atoms in total. The summed E-state index contributed by atoms with van der Waals surface area (Å²) in [6, 6.07) is 5.55. The molecule has 0 fully saturated rings. The molecule has 0 amide bonds. The Kier molecular flexibility index (Phi) is 7.40. The lowest BCUT2D eigenvalue weighted by Gasteiger charge is -2.15. The van der Waals surface area contributed by atoms with Crippen LogP contribution in [-0.2, 0) is 0 Å². The number of hydrogen-bond acceptors (Lipinski definition) is 7. The number of dihydropyridines is 1. The fourth-order valence-electron chi connectivity index (χ4n) is 3.29. The molecule has 33 heavy (non-hydrogen) atoms. The van der Waals surface area contributed by atoms with E-state index in [-0.39, 0.29) is 5.92 Å². The first-order chi connectivity index (χ1) is 15.8. The Hall–Kier alpha value is -4.20. The van der Waals surface area contributed by atoms with E-state index >= 15 is 0 Å². The van der Waals surface area contributed by atoms with Crippen LogP contribution in [0, 0.1) is 11.3 Å². The van der Waals surface area contributed by atoms with Crippen LogP contribution in [0.1, 0.15) is 26.3 Å². The highest BCUT2D eigenvalue weighted by molar-refractivity contribution is 5.98. The number of allylic oxidation sites excluding steroid dienone is 6. The molecule has 0 saturated heterocycles. The average molecular weight is 443 g/mol. The Morgan fingerprint density at radius 1 is 1.24 bits per heavy atom. The van der Waals surface area contributed by atoms with E-state index in [1.807, 2.05) is 64.5 Å². The monoisotopic (exact) mass is 442 g/mol. The number of amidine groups is 1. The van der Waals surface area contributed by atoms with Gasteiger partial charge in [-0.1, -0.05) is 13.8 Å². The molecule has 0 radical (unpaired) electrons. The summed E-state index contributed by atoms with van der Waals surface area (Å²) in [4.78, 5) is 13.6. The molecular weight excluding hydrogens is 412 g/mol. The van der Waals surface area contributed by atoms with Crippen LogP contribution in [0.2, 0.25) is 0 Å². The minimum Gasteiger partial charge on any atom is -0.398 e. The summed E-state index contributed by atoms with van der Waals surface area (Å²) in [5, 5.41) is 13.7. The number of fused-ring (bicyclic) bond motifs is 1. The molecule has 8 heteroatoms. The molecule has 1 aliphatic rings. The number of aliphatic imine (C=N–C) groups is 1. The third kappa shape index (κ3) is 5.74. The van der Waals surface area contributed by atoms with Crippen LogP contribution in [-0.4, -0.2) is 29.1 Å². The van der Waals surface area contributed by atoms with Gasteiger partial charge >= 0.3 is 0 Å². The molecule has 7 N–H and O–H groups in total. The van der Waals surface area contributed by atoms with E-state index in [9.17, 15) is 0 Å². The SMILES string of the molecule is CN/C=C(\C(N)=C1C=CNC(C)=C1)c1cnc2ccc(N=C(N)C=C(C=N)C(C)C)nc2c1. The van der Waals surface area contributed by atoms with Gasteiger partial charge in [0.15, 0.2) is 5.82 Å². The van der Waals surface area contributed by atoms with Gasteiger partial charge in [0.2, 0.25) is 0 Å². The molecule has 1 aliphatic heterocycles. The van der Waals surface area contributed by atoms with Gasteiger partial charge in [-0.15, -0.1) is 0 Å². The van der Waals surface area contributed by atoms with Crippen molar-refractivity contribution in [3.8, 4) is 0 Å². The highest BCUT2D eigenvalue weighted by Gasteiger charge is 2.12. The van der Waals surface area contributed by atoms with E-state index in [4.69, 9.17) is 16.9 Å². The summed E-state index contributed by atoms with van der Waals surface area (Å²) < 4.78 is 0. The molecule has 0 bridgehead atoms. The maximum absolute atomic E-state index is 7.53. The average Bonchev–Trinajstić information content (AvgIpc) is 2.80. The number of aromatic nitrogens is 2. The summed E-state index contributed by atoms with van der Waals surface area (Å²) >= 11 is 0. The third-order valence-corrected chi connectivity index (χ3v) is 5.06. The zero-order valence-electron chi connectivity index (χ0n) is 19.3. The van der Waals surface area contributed by atoms with E-state index in [0.717, 1.165) is 33.5 Å². The van der Waals surface area contributed by atoms with Gasteiger partial charge in [0, 0.05) is 60.0 Å². The Labute approximate surface area is 194 Å². The molecule has 0 saturated carbocycles. The van der Waals surface area contributed by atoms with Gasteiger partial charge < -0.3 is 27.5 Å². The summed E-state index contributed by atoms with van der Waals surface area (Å²) in [7, 11) is 1.83. The number of nitrogens with one attached hydrogen (secondary N) is 3. The van der Waals surface area contributed by atoms with Crippen molar-refractivity contribution in [2.75, 3.05) is 7.05 Å². The Balaban J connectivity index is 2.03. The van der Waals surface area contributed by atoms with E-state index in [1.165, 1.54) is 6.21 Å². The van der Waals surface area contributed by atoms with Crippen molar-refractivity contribution in [2.24, 2.45) is 22.4 Å². The molecule has 0 spiro atoms. The molecule has 170 valence electrons. The molecule has 2 aromatic heterocycles. The molecule has 3 rings (SSSR count). The number of nitrogens with two attached hydrogens (primary N) is 2. The van der Waals surface area contributed by atoms with Crippen molar-refractivity contribution in [2.45, 2.75) is 20.8 Å². The van der Waals surface area contributed by atoms with Gasteiger partial charge in [-0.3, -0.25) is 4.98 Å². The first-order valence-corrected chi connectivity index (χ1v) is 10.6. The van der Waals surface area contributed by atoms with E-state index in [0.29, 0.717) is 22.9 Å². The van der Waals surface area contributed by atoms with E-state index in [1.54, 1.807) is 18.3 Å². The summed E-state index contributed by atoms with van der Waals surface area (Å²) in [6.07, 6.45) is 12.4. The van der Waals surface area contributed by atoms with Crippen molar-refractivity contribution in [1.82, 2.24) is 20.6 Å². The second-order valence-electron chi connectivity index (χ2n) is 7.93. The van der Waals surface area contributed by atoms with Crippen molar-refractivity contribution in [3.63, 3.8) is 0 Å². The van der Waals surface area contributed by atoms with Crippen LogP contribution in [0.4, 0.5) is 5.82 Å². The van der Waals surface area contributed by atoms with Crippen LogP contribution in [0.5, 0.6) is 0 Å². The van der Waals surface area contributed by atoms with Gasteiger partial charge in [-0.2, -0.15) is 0 Å². The number of nitrogens with zero attached hydrogens (tertiary/aromatic N) is 3. The predicted molar refractivity (Wildman–Crippen MR) is 137 cm³/mol. The topological polar surface area (TPSA) is 138 Å². The Morgan fingerprint density at radius 2 is 2.03 bits per heavy atom. The largest absolute Gasteiger partial charge is 0.398 e. The summed E-state index contributed by atoms with van der Waals surface area (Å²) in [5.41, 5.74) is 19.0. The minimum absolute atomic E-state index is 0.179. The first-order valence-electron chi connectivity index (χ1n) is 10.6. The zero-order valence-corrected chi connectivity index (χ0v) is 19.3. The molecule has 0 aromatic carbocycles. The number of hydrogen-bond donors (Lipinski definition) is 5. The quantitative estimate of drug-likeness (QED) is 0.328. The molecule has 2 aromatic rings. The second kappa shape index (κ2) is 10.4. The lowest BCUT2D eigenvalue weighted by Crippen LogP contribution is -2.12. The molecule has 3 heterocycles. The standard InChI is InChI=1S/C25H30N8/c1-15(2)18(12-26)11-23(27)33-24-6-5-21-22(32-24)10-19(13-31-21)20(14-29-4)25(28)17-7-8-30-16(3)9-17/h5-15,26,29-30H,28H2,1-4H3,(H2,27,32,33)/b18-11?,20-14-,25-17?,26-12?. The molecular formula is C25H30N8. The van der Waals surface area contributed by atoms with Gasteiger partial charge in [-0.25, -0.2) is 9.98 Å². The Bertz CT molecular complexity index is 1240. The van der Waals surface area contributed by atoms with Crippen LogP contribution >= 0.6 is 0 Å². The van der Waals surface area contributed by atoms with E-state index in [2.05, 4.69) is 25.6 Å².